The minimum absolute atomic E-state index is 0.597. The molecule has 0 bridgehead atoms. The summed E-state index contributed by atoms with van der Waals surface area (Å²) in [6, 6.07) is 20.4. The van der Waals surface area contributed by atoms with Gasteiger partial charge in [0.25, 0.3) is 0 Å². The zero-order chi connectivity index (χ0) is 18.1. The second-order valence-electron chi connectivity index (χ2n) is 5.75. The van der Waals surface area contributed by atoms with Crippen molar-refractivity contribution < 1.29 is 0 Å². The van der Waals surface area contributed by atoms with Crippen LogP contribution in [0.1, 0.15) is 0 Å². The number of guanidine groups is 2. The lowest BCUT2D eigenvalue weighted by molar-refractivity contribution is 0.735. The number of benzene rings is 2. The maximum atomic E-state index is 4.66. The third-order valence-electron chi connectivity index (χ3n) is 3.90. The number of hydrogen-bond donors (Lipinski definition) is 0. The summed E-state index contributed by atoms with van der Waals surface area (Å²) in [4.78, 5) is 22.1. The van der Waals surface area contributed by atoms with Crippen molar-refractivity contribution in [3.63, 3.8) is 0 Å². The van der Waals surface area contributed by atoms with E-state index in [-0.39, 0.29) is 0 Å². The van der Waals surface area contributed by atoms with Gasteiger partial charge in [0.15, 0.2) is 0 Å². The molecule has 3 aliphatic heterocycles. The van der Waals surface area contributed by atoms with Crippen LogP contribution in [-0.4, -0.2) is 28.2 Å². The lowest BCUT2D eigenvalue weighted by Crippen LogP contribution is -2.40. The fourth-order valence-electron chi connectivity index (χ4n) is 2.73. The maximum Gasteiger partial charge on any atom is 0.239 e. The third kappa shape index (κ3) is 3.39. The van der Waals surface area contributed by atoms with Crippen LogP contribution in [0.5, 0.6) is 0 Å². The molecule has 2 aromatic rings. The predicted octanol–water partition coefficient (Wildman–Crippen LogP) is 4.78. The lowest BCUT2D eigenvalue weighted by Gasteiger charge is -2.31. The van der Waals surface area contributed by atoms with E-state index in [1.807, 2.05) is 41.3 Å². The molecule has 0 unspecified atom stereocenters. The second-order valence-corrected chi connectivity index (χ2v) is 7.94. The second kappa shape index (κ2) is 7.02. The van der Waals surface area contributed by atoms with Crippen molar-refractivity contribution in [1.82, 2.24) is 4.90 Å². The maximum absolute atomic E-state index is 4.66. The Labute approximate surface area is 165 Å². The highest BCUT2D eigenvalue weighted by Gasteiger charge is 2.30. The van der Waals surface area contributed by atoms with Crippen LogP contribution >= 0.6 is 23.5 Å². The Hall–Kier alpha value is -2.90. The molecule has 0 spiro atoms. The first-order chi connectivity index (χ1) is 13.3. The molecule has 5 rings (SSSR count). The normalized spacial score (nSPS) is 17.3. The molecular weight excluding hydrogens is 374 g/mol. The quantitative estimate of drug-likeness (QED) is 0.762. The Morgan fingerprint density at radius 1 is 0.704 bits per heavy atom. The standard InChI is InChI=1S/C20H13N5S2/c1-3-7-15(8-4-1)26-17-11-14-12-18(27-16-9-5-2-6-10-16)24-20-22-13-21-19(23-17)25(14)20/h1-13H. The van der Waals surface area contributed by atoms with E-state index in [9.17, 15) is 0 Å². The molecule has 0 saturated carbocycles. The number of aliphatic imine (C=N–C) groups is 4. The number of rotatable bonds is 3. The van der Waals surface area contributed by atoms with Gasteiger partial charge in [-0.15, -0.1) is 0 Å². The first kappa shape index (κ1) is 16.3. The van der Waals surface area contributed by atoms with E-state index in [0.29, 0.717) is 11.9 Å². The number of hydrogen-bond acceptors (Lipinski definition) is 7. The van der Waals surface area contributed by atoms with E-state index >= 15 is 0 Å². The molecule has 0 atom stereocenters. The van der Waals surface area contributed by atoms with Crippen molar-refractivity contribution >= 4 is 46.8 Å². The van der Waals surface area contributed by atoms with Crippen LogP contribution in [0.4, 0.5) is 0 Å². The molecule has 5 nitrogen and oxygen atoms in total. The molecule has 3 aliphatic rings. The van der Waals surface area contributed by atoms with Crippen LogP contribution in [0.3, 0.4) is 0 Å². The van der Waals surface area contributed by atoms with E-state index < -0.39 is 0 Å². The molecule has 2 aromatic carbocycles. The zero-order valence-electron chi connectivity index (χ0n) is 14.1. The third-order valence-corrected chi connectivity index (χ3v) is 5.75. The molecule has 7 heteroatoms. The van der Waals surface area contributed by atoms with E-state index in [4.69, 9.17) is 0 Å². The van der Waals surface area contributed by atoms with Gasteiger partial charge >= 0.3 is 0 Å². The molecule has 3 heterocycles. The smallest absolute Gasteiger partial charge is 0.239 e. The fourth-order valence-corrected chi connectivity index (χ4v) is 4.42. The highest BCUT2D eigenvalue weighted by atomic mass is 32.2. The molecular formula is C20H13N5S2. The van der Waals surface area contributed by atoms with Crippen molar-refractivity contribution in [3.05, 3.63) is 83.5 Å². The van der Waals surface area contributed by atoms with Crippen molar-refractivity contribution in [1.29, 1.82) is 0 Å². The van der Waals surface area contributed by atoms with Gasteiger partial charge in [0.1, 0.15) is 16.4 Å². The van der Waals surface area contributed by atoms with Crippen molar-refractivity contribution in [2.45, 2.75) is 9.79 Å². The fraction of sp³-hybridized carbons (Fsp3) is 0. The van der Waals surface area contributed by atoms with Gasteiger partial charge in [-0.25, -0.2) is 24.9 Å². The van der Waals surface area contributed by atoms with Gasteiger partial charge in [0.05, 0.1) is 5.70 Å². The summed E-state index contributed by atoms with van der Waals surface area (Å²) in [5, 5.41) is 1.78. The SMILES string of the molecule is C1=NC2=NC(Sc3ccccc3)=CC3=CC(Sc4ccccc4)=NC(=N1)N32. The van der Waals surface area contributed by atoms with E-state index in [1.54, 1.807) is 23.5 Å². The van der Waals surface area contributed by atoms with Crippen LogP contribution in [0.15, 0.2) is 113 Å². The van der Waals surface area contributed by atoms with Crippen LogP contribution in [-0.2, 0) is 0 Å². The van der Waals surface area contributed by atoms with E-state index in [1.165, 1.54) is 6.34 Å². The van der Waals surface area contributed by atoms with Crippen LogP contribution in [0, 0.1) is 0 Å². The Kier molecular flexibility index (Phi) is 4.23. The zero-order valence-corrected chi connectivity index (χ0v) is 15.7. The molecule has 0 fully saturated rings. The molecule has 27 heavy (non-hydrogen) atoms. The van der Waals surface area contributed by atoms with Gasteiger partial charge in [-0.05, 0) is 36.4 Å². The predicted molar refractivity (Wildman–Crippen MR) is 113 cm³/mol. The molecule has 0 saturated heterocycles. The summed E-state index contributed by atoms with van der Waals surface area (Å²) in [5.41, 5.74) is 0.975. The largest absolute Gasteiger partial charge is 0.246 e. The Morgan fingerprint density at radius 2 is 1.41 bits per heavy atom. The first-order valence-corrected chi connectivity index (χ1v) is 9.95. The number of allylic oxidation sites excluding steroid dienone is 1. The van der Waals surface area contributed by atoms with E-state index in [2.05, 4.69) is 56.4 Å². The minimum atomic E-state index is 0.597. The van der Waals surface area contributed by atoms with Gasteiger partial charge < -0.3 is 0 Å². The highest BCUT2D eigenvalue weighted by molar-refractivity contribution is 8.14. The van der Waals surface area contributed by atoms with Gasteiger partial charge in [-0.2, -0.15) is 0 Å². The van der Waals surface area contributed by atoms with Crippen LogP contribution < -0.4 is 0 Å². The molecule has 0 aromatic heterocycles. The minimum Gasteiger partial charge on any atom is -0.246 e. The Morgan fingerprint density at radius 3 is 2.15 bits per heavy atom. The van der Waals surface area contributed by atoms with E-state index in [0.717, 1.165) is 25.6 Å². The lowest BCUT2D eigenvalue weighted by atomic mass is 10.3. The topological polar surface area (TPSA) is 52.7 Å². The summed E-state index contributed by atoms with van der Waals surface area (Å²) in [7, 11) is 0. The van der Waals surface area contributed by atoms with Gasteiger partial charge in [-0.1, -0.05) is 59.9 Å². The van der Waals surface area contributed by atoms with Gasteiger partial charge in [-0.3, -0.25) is 0 Å². The average molecular weight is 387 g/mol. The molecule has 0 N–H and O–H groups in total. The first-order valence-electron chi connectivity index (χ1n) is 8.32. The number of nitrogens with zero attached hydrogens (tertiary/aromatic N) is 5. The summed E-state index contributed by atoms with van der Waals surface area (Å²) in [6.07, 6.45) is 5.62. The average Bonchev–Trinajstić information content (AvgIpc) is 2.69. The Balaban J connectivity index is 1.49. The van der Waals surface area contributed by atoms with Gasteiger partial charge in [0, 0.05) is 9.79 Å². The van der Waals surface area contributed by atoms with Crippen LogP contribution in [0.25, 0.3) is 0 Å². The highest BCUT2D eigenvalue weighted by Crippen LogP contribution is 2.35. The molecule has 0 aliphatic carbocycles. The summed E-state index contributed by atoms with van der Waals surface area (Å²) >= 11 is 3.23. The molecule has 0 radical (unpaired) electrons. The summed E-state index contributed by atoms with van der Waals surface area (Å²) < 4.78 is 0. The summed E-state index contributed by atoms with van der Waals surface area (Å²) in [5.74, 6) is 1.19. The Bertz CT molecular complexity index is 1020. The van der Waals surface area contributed by atoms with Crippen molar-refractivity contribution in [2.24, 2.45) is 20.0 Å². The monoisotopic (exact) mass is 387 g/mol. The van der Waals surface area contributed by atoms with Crippen molar-refractivity contribution in [2.75, 3.05) is 0 Å². The van der Waals surface area contributed by atoms with Crippen LogP contribution in [0.2, 0.25) is 0 Å². The molecule has 0 amide bonds. The summed E-state index contributed by atoms with van der Waals surface area (Å²) in [6.45, 7) is 0. The van der Waals surface area contributed by atoms with Gasteiger partial charge in [0.2, 0.25) is 11.9 Å². The molecule has 130 valence electrons. The number of thioether (sulfide) groups is 2. The van der Waals surface area contributed by atoms with Crippen molar-refractivity contribution in [3.8, 4) is 0 Å².